The molecule has 0 aromatic rings. The van der Waals surface area contributed by atoms with Crippen molar-refractivity contribution < 1.29 is 5.11 Å². The molecule has 0 saturated carbocycles. The molecule has 0 aliphatic heterocycles. The highest BCUT2D eigenvalue weighted by Crippen LogP contribution is 2.16. The Labute approximate surface area is 70.1 Å². The highest BCUT2D eigenvalue weighted by Gasteiger charge is 2.13. The van der Waals surface area contributed by atoms with E-state index in [4.69, 9.17) is 0 Å². The molecular weight excluding hydrogens is 136 g/mol. The third-order valence-electron chi connectivity index (χ3n) is 2.26. The molecule has 0 spiro atoms. The van der Waals surface area contributed by atoms with Crippen LogP contribution in [0, 0.1) is 5.92 Å². The molecule has 0 aliphatic carbocycles. The van der Waals surface area contributed by atoms with Crippen LogP contribution in [0.1, 0.15) is 39.5 Å². The van der Waals surface area contributed by atoms with Crippen molar-refractivity contribution in [2.24, 2.45) is 5.92 Å². The smallest absolute Gasteiger partial charge is 0.0571 e. The number of hydrogen-bond acceptors (Lipinski definition) is 1. The van der Waals surface area contributed by atoms with Gasteiger partial charge in [0, 0.05) is 0 Å². The molecule has 0 bridgehead atoms. The van der Waals surface area contributed by atoms with Crippen LogP contribution in [0.4, 0.5) is 0 Å². The van der Waals surface area contributed by atoms with E-state index in [1.165, 1.54) is 0 Å². The molecule has 0 radical (unpaired) electrons. The van der Waals surface area contributed by atoms with E-state index < -0.39 is 0 Å². The monoisotopic (exact) mass is 156 g/mol. The van der Waals surface area contributed by atoms with Gasteiger partial charge in [-0.15, -0.1) is 6.58 Å². The second kappa shape index (κ2) is 6.41. The molecule has 1 heteroatoms. The van der Waals surface area contributed by atoms with Crippen molar-refractivity contribution in [2.75, 3.05) is 0 Å². The number of aliphatic hydroxyl groups excluding tert-OH is 1. The van der Waals surface area contributed by atoms with Gasteiger partial charge in [-0.05, 0) is 18.8 Å². The van der Waals surface area contributed by atoms with Crippen molar-refractivity contribution in [3.63, 3.8) is 0 Å². The molecule has 1 N–H and O–H groups in total. The van der Waals surface area contributed by atoms with Crippen LogP contribution in [0.2, 0.25) is 0 Å². The van der Waals surface area contributed by atoms with Crippen LogP contribution in [0.5, 0.6) is 0 Å². The van der Waals surface area contributed by atoms with Crippen LogP contribution in [0.15, 0.2) is 12.7 Å². The summed E-state index contributed by atoms with van der Waals surface area (Å²) in [6, 6.07) is 0. The Bertz CT molecular complexity index is 95.0. The van der Waals surface area contributed by atoms with Crippen molar-refractivity contribution in [1.82, 2.24) is 0 Å². The average Bonchev–Trinajstić information content (AvgIpc) is 2.03. The van der Waals surface area contributed by atoms with E-state index in [9.17, 15) is 5.11 Å². The van der Waals surface area contributed by atoms with E-state index in [0.29, 0.717) is 5.92 Å². The molecule has 11 heavy (non-hydrogen) atoms. The summed E-state index contributed by atoms with van der Waals surface area (Å²) in [6.45, 7) is 7.89. The van der Waals surface area contributed by atoms with Gasteiger partial charge in [-0.1, -0.05) is 32.8 Å². The summed E-state index contributed by atoms with van der Waals surface area (Å²) in [6.07, 6.45) is 5.70. The van der Waals surface area contributed by atoms with Gasteiger partial charge in [-0.2, -0.15) is 0 Å². The van der Waals surface area contributed by atoms with E-state index in [1.807, 2.05) is 6.08 Å². The minimum atomic E-state index is -0.122. The second-order valence-corrected chi connectivity index (χ2v) is 3.01. The summed E-state index contributed by atoms with van der Waals surface area (Å²) in [5.41, 5.74) is 0. The molecule has 0 amide bonds. The predicted octanol–water partition coefficient (Wildman–Crippen LogP) is 2.75. The first-order valence-electron chi connectivity index (χ1n) is 4.55. The summed E-state index contributed by atoms with van der Waals surface area (Å²) >= 11 is 0. The van der Waals surface area contributed by atoms with E-state index in [-0.39, 0.29) is 6.10 Å². The third-order valence-corrected chi connectivity index (χ3v) is 2.26. The normalized spacial score (nSPS) is 13.5. The van der Waals surface area contributed by atoms with Crippen molar-refractivity contribution in [3.8, 4) is 0 Å². The van der Waals surface area contributed by atoms with Crippen molar-refractivity contribution in [1.29, 1.82) is 0 Å². The number of rotatable bonds is 6. The largest absolute Gasteiger partial charge is 0.393 e. The molecule has 1 atom stereocenters. The lowest BCUT2D eigenvalue weighted by molar-refractivity contribution is 0.0952. The van der Waals surface area contributed by atoms with Crippen molar-refractivity contribution in [3.05, 3.63) is 12.7 Å². The zero-order valence-corrected chi connectivity index (χ0v) is 7.71. The van der Waals surface area contributed by atoms with E-state index in [0.717, 1.165) is 25.7 Å². The minimum Gasteiger partial charge on any atom is -0.393 e. The fourth-order valence-corrected chi connectivity index (χ4v) is 1.36. The third kappa shape index (κ3) is 4.20. The lowest BCUT2D eigenvalue weighted by Crippen LogP contribution is -2.18. The Morgan fingerprint density at radius 3 is 2.27 bits per heavy atom. The molecule has 1 unspecified atom stereocenters. The zero-order valence-electron chi connectivity index (χ0n) is 7.71. The van der Waals surface area contributed by atoms with Crippen LogP contribution in [0.25, 0.3) is 0 Å². The summed E-state index contributed by atoms with van der Waals surface area (Å²) in [4.78, 5) is 0. The molecule has 0 rings (SSSR count). The number of allylic oxidation sites excluding steroid dienone is 1. The lowest BCUT2D eigenvalue weighted by Gasteiger charge is -2.18. The molecule has 0 fully saturated rings. The maximum Gasteiger partial charge on any atom is 0.0571 e. The quantitative estimate of drug-likeness (QED) is 0.586. The highest BCUT2D eigenvalue weighted by molar-refractivity contribution is 4.72. The molecule has 66 valence electrons. The maximum absolute atomic E-state index is 9.59. The van der Waals surface area contributed by atoms with Gasteiger partial charge in [0.25, 0.3) is 0 Å². The summed E-state index contributed by atoms with van der Waals surface area (Å²) < 4.78 is 0. The molecule has 1 nitrogen and oxygen atoms in total. The highest BCUT2D eigenvalue weighted by atomic mass is 16.3. The van der Waals surface area contributed by atoms with E-state index in [2.05, 4.69) is 20.4 Å². The predicted molar refractivity (Wildman–Crippen MR) is 49.5 cm³/mol. The second-order valence-electron chi connectivity index (χ2n) is 3.01. The van der Waals surface area contributed by atoms with Crippen LogP contribution < -0.4 is 0 Å². The van der Waals surface area contributed by atoms with Gasteiger partial charge in [0.2, 0.25) is 0 Å². The summed E-state index contributed by atoms with van der Waals surface area (Å²) in [5, 5.41) is 9.59. The fraction of sp³-hybridized carbons (Fsp3) is 0.800. The van der Waals surface area contributed by atoms with Gasteiger partial charge in [-0.25, -0.2) is 0 Å². The topological polar surface area (TPSA) is 20.2 Å². The van der Waals surface area contributed by atoms with Crippen LogP contribution in [-0.4, -0.2) is 11.2 Å². The molecular formula is C10H20O. The average molecular weight is 156 g/mol. The number of hydrogen-bond donors (Lipinski definition) is 1. The fourth-order valence-electron chi connectivity index (χ4n) is 1.36. The Morgan fingerprint density at radius 2 is 1.91 bits per heavy atom. The van der Waals surface area contributed by atoms with Crippen molar-refractivity contribution in [2.45, 2.75) is 45.6 Å². The molecule has 0 aliphatic rings. The first-order valence-corrected chi connectivity index (χ1v) is 4.55. The Morgan fingerprint density at radius 1 is 1.36 bits per heavy atom. The number of aliphatic hydroxyl groups is 1. The van der Waals surface area contributed by atoms with Crippen LogP contribution >= 0.6 is 0 Å². The summed E-state index contributed by atoms with van der Waals surface area (Å²) in [7, 11) is 0. The zero-order chi connectivity index (χ0) is 8.69. The van der Waals surface area contributed by atoms with Gasteiger partial charge in [-0.3, -0.25) is 0 Å². The first kappa shape index (κ1) is 10.7. The van der Waals surface area contributed by atoms with Gasteiger partial charge in [0.15, 0.2) is 0 Å². The Balaban J connectivity index is 3.59. The Hall–Kier alpha value is -0.300. The van der Waals surface area contributed by atoms with Gasteiger partial charge >= 0.3 is 0 Å². The standard InChI is InChI=1S/C10H20O/c1-4-7-8-10(11)9(5-2)6-3/h4,9-11H,1,5-8H2,2-3H3. The van der Waals surface area contributed by atoms with Crippen LogP contribution in [-0.2, 0) is 0 Å². The van der Waals surface area contributed by atoms with Gasteiger partial charge in [0.05, 0.1) is 6.10 Å². The lowest BCUT2D eigenvalue weighted by atomic mass is 9.93. The van der Waals surface area contributed by atoms with Crippen molar-refractivity contribution >= 4 is 0 Å². The van der Waals surface area contributed by atoms with Gasteiger partial charge in [0.1, 0.15) is 0 Å². The molecule has 0 aromatic heterocycles. The first-order chi connectivity index (χ1) is 5.26. The SMILES string of the molecule is C=CCCC(O)C(CC)CC. The summed E-state index contributed by atoms with van der Waals surface area (Å²) in [5.74, 6) is 0.481. The molecule has 0 heterocycles. The minimum absolute atomic E-state index is 0.122. The van der Waals surface area contributed by atoms with E-state index in [1.54, 1.807) is 0 Å². The molecule has 0 aromatic carbocycles. The van der Waals surface area contributed by atoms with Crippen LogP contribution in [0.3, 0.4) is 0 Å². The Kier molecular flexibility index (Phi) is 6.24. The maximum atomic E-state index is 9.59. The molecule has 0 saturated heterocycles. The van der Waals surface area contributed by atoms with E-state index >= 15 is 0 Å². The van der Waals surface area contributed by atoms with Gasteiger partial charge < -0.3 is 5.11 Å².